The molecule has 3 fully saturated rings. The first-order chi connectivity index (χ1) is 11.5. The van der Waals surface area contributed by atoms with Crippen LogP contribution in [-0.4, -0.2) is 34.8 Å². The highest BCUT2D eigenvalue weighted by molar-refractivity contribution is 5.97. The number of piperidine rings is 1. The van der Waals surface area contributed by atoms with Gasteiger partial charge in [0.05, 0.1) is 5.56 Å². The molecule has 24 heavy (non-hydrogen) atoms. The molecule has 1 atom stereocenters. The molecule has 1 saturated heterocycles. The van der Waals surface area contributed by atoms with Crippen LogP contribution < -0.4 is 11.5 Å². The molecule has 6 heteroatoms. The Hall–Kier alpha value is -2.11. The van der Waals surface area contributed by atoms with Gasteiger partial charge in [0.1, 0.15) is 5.82 Å². The van der Waals surface area contributed by atoms with Crippen molar-refractivity contribution < 1.29 is 9.59 Å². The molecule has 1 aromatic rings. The maximum atomic E-state index is 12.6. The summed E-state index contributed by atoms with van der Waals surface area (Å²) < 4.78 is 0. The molecule has 6 nitrogen and oxygen atoms in total. The van der Waals surface area contributed by atoms with E-state index in [4.69, 9.17) is 11.5 Å². The molecule has 128 valence electrons. The fraction of sp³-hybridized carbons (Fsp3) is 0.611. The first-order valence-electron chi connectivity index (χ1n) is 8.85. The average Bonchev–Trinajstić information content (AvgIpc) is 3.30. The molecule has 1 aliphatic heterocycles. The first-order valence-corrected chi connectivity index (χ1v) is 8.85. The lowest BCUT2D eigenvalue weighted by atomic mass is 9.79. The van der Waals surface area contributed by atoms with Gasteiger partial charge in [0.2, 0.25) is 5.91 Å². The second-order valence-electron chi connectivity index (χ2n) is 7.61. The number of primary amides is 1. The van der Waals surface area contributed by atoms with Gasteiger partial charge >= 0.3 is 0 Å². The predicted molar refractivity (Wildman–Crippen MR) is 90.1 cm³/mol. The van der Waals surface area contributed by atoms with E-state index in [2.05, 4.69) is 4.98 Å². The van der Waals surface area contributed by atoms with Crippen molar-refractivity contribution in [2.75, 3.05) is 18.8 Å². The number of hydrogen-bond donors (Lipinski definition) is 2. The highest BCUT2D eigenvalue weighted by atomic mass is 16.2. The van der Waals surface area contributed by atoms with Crippen LogP contribution in [0.15, 0.2) is 12.1 Å². The lowest BCUT2D eigenvalue weighted by molar-refractivity contribution is -0.135. The minimum Gasteiger partial charge on any atom is -0.383 e. The van der Waals surface area contributed by atoms with Gasteiger partial charge in [-0.15, -0.1) is 0 Å². The SMILES string of the molecule is NC(=O)c1ccc(C2CCN(C(=O)[C@H]3CC34CCC4)CC2)nc1N. The van der Waals surface area contributed by atoms with E-state index in [1.165, 1.54) is 19.3 Å². The standard InChI is InChI=1S/C18H24N4O2/c19-15-12(16(20)23)2-3-14(21-15)11-4-8-22(9-5-11)17(24)13-10-18(13)6-1-7-18/h2-3,11,13H,1,4-10H2,(H2,19,21)(H2,20,23)/t13-/m1/s1. The van der Waals surface area contributed by atoms with Crippen LogP contribution in [-0.2, 0) is 4.79 Å². The number of nitrogens with zero attached hydrogens (tertiary/aromatic N) is 2. The molecular formula is C18H24N4O2. The Morgan fingerprint density at radius 3 is 2.42 bits per heavy atom. The van der Waals surface area contributed by atoms with Gasteiger partial charge in [-0.1, -0.05) is 6.42 Å². The van der Waals surface area contributed by atoms with Gasteiger partial charge in [0.15, 0.2) is 0 Å². The molecule has 2 heterocycles. The molecule has 0 bridgehead atoms. The highest BCUT2D eigenvalue weighted by Crippen LogP contribution is 2.66. The highest BCUT2D eigenvalue weighted by Gasteiger charge is 2.61. The molecule has 0 unspecified atom stereocenters. The third kappa shape index (κ3) is 2.44. The normalized spacial score (nSPS) is 25.3. The number of pyridine rings is 1. The fourth-order valence-corrected chi connectivity index (χ4v) is 4.42. The van der Waals surface area contributed by atoms with Crippen molar-refractivity contribution in [1.82, 2.24) is 9.88 Å². The zero-order chi connectivity index (χ0) is 16.9. The Morgan fingerprint density at radius 1 is 1.21 bits per heavy atom. The van der Waals surface area contributed by atoms with Crippen LogP contribution in [0, 0.1) is 11.3 Å². The summed E-state index contributed by atoms with van der Waals surface area (Å²) in [5, 5.41) is 0. The Balaban J connectivity index is 1.37. The third-order valence-electron chi connectivity index (χ3n) is 6.27. The van der Waals surface area contributed by atoms with Gasteiger partial charge in [-0.25, -0.2) is 4.98 Å². The fourth-order valence-electron chi connectivity index (χ4n) is 4.42. The number of carbonyl (C=O) groups excluding carboxylic acids is 2. The number of hydrogen-bond acceptors (Lipinski definition) is 4. The molecule has 0 radical (unpaired) electrons. The molecule has 2 saturated carbocycles. The number of rotatable bonds is 3. The van der Waals surface area contributed by atoms with Crippen LogP contribution in [0.1, 0.15) is 60.5 Å². The van der Waals surface area contributed by atoms with E-state index in [0.717, 1.165) is 38.0 Å². The summed E-state index contributed by atoms with van der Waals surface area (Å²) in [5.41, 5.74) is 12.7. The Labute approximate surface area is 141 Å². The van der Waals surface area contributed by atoms with Crippen molar-refractivity contribution in [3.05, 3.63) is 23.4 Å². The predicted octanol–water partition coefficient (Wildman–Crippen LogP) is 1.66. The number of likely N-dealkylation sites (tertiary alicyclic amines) is 1. The van der Waals surface area contributed by atoms with Gasteiger partial charge in [0, 0.05) is 30.6 Å². The van der Waals surface area contributed by atoms with E-state index in [1.807, 2.05) is 11.0 Å². The number of amides is 2. The maximum Gasteiger partial charge on any atom is 0.252 e. The van der Waals surface area contributed by atoms with Gasteiger partial charge in [-0.3, -0.25) is 9.59 Å². The van der Waals surface area contributed by atoms with Crippen molar-refractivity contribution in [3.8, 4) is 0 Å². The van der Waals surface area contributed by atoms with Crippen LogP contribution in [0.4, 0.5) is 5.82 Å². The molecule has 2 amide bonds. The average molecular weight is 328 g/mol. The van der Waals surface area contributed by atoms with E-state index in [9.17, 15) is 9.59 Å². The Kier molecular flexibility index (Phi) is 3.51. The largest absolute Gasteiger partial charge is 0.383 e. The summed E-state index contributed by atoms with van der Waals surface area (Å²) in [6.45, 7) is 1.57. The molecule has 0 aromatic carbocycles. The van der Waals surface area contributed by atoms with Gasteiger partial charge in [0.25, 0.3) is 5.91 Å². The molecule has 4 rings (SSSR count). The number of nitrogens with two attached hydrogens (primary N) is 2. The minimum atomic E-state index is -0.554. The van der Waals surface area contributed by atoms with Crippen LogP contribution >= 0.6 is 0 Å². The zero-order valence-corrected chi connectivity index (χ0v) is 13.8. The van der Waals surface area contributed by atoms with E-state index < -0.39 is 5.91 Å². The quantitative estimate of drug-likeness (QED) is 0.880. The second kappa shape index (κ2) is 5.46. The van der Waals surface area contributed by atoms with Crippen LogP contribution in [0.5, 0.6) is 0 Å². The molecule has 1 spiro atoms. The summed E-state index contributed by atoms with van der Waals surface area (Å²) in [6, 6.07) is 3.49. The summed E-state index contributed by atoms with van der Waals surface area (Å²) in [4.78, 5) is 30.3. The summed E-state index contributed by atoms with van der Waals surface area (Å²) in [6.07, 6.45) is 6.69. The van der Waals surface area contributed by atoms with Gasteiger partial charge in [-0.05, 0) is 49.7 Å². The number of carbonyl (C=O) groups is 2. The van der Waals surface area contributed by atoms with Crippen molar-refractivity contribution >= 4 is 17.6 Å². The van der Waals surface area contributed by atoms with Crippen molar-refractivity contribution in [1.29, 1.82) is 0 Å². The van der Waals surface area contributed by atoms with Gasteiger partial charge < -0.3 is 16.4 Å². The molecule has 4 N–H and O–H groups in total. The van der Waals surface area contributed by atoms with Crippen molar-refractivity contribution in [3.63, 3.8) is 0 Å². The van der Waals surface area contributed by atoms with Crippen molar-refractivity contribution in [2.24, 2.45) is 17.1 Å². The summed E-state index contributed by atoms with van der Waals surface area (Å²) >= 11 is 0. The molecule has 1 aromatic heterocycles. The second-order valence-corrected chi connectivity index (χ2v) is 7.61. The van der Waals surface area contributed by atoms with E-state index >= 15 is 0 Å². The monoisotopic (exact) mass is 328 g/mol. The van der Waals surface area contributed by atoms with Crippen molar-refractivity contribution in [2.45, 2.75) is 44.4 Å². The lowest BCUT2D eigenvalue weighted by Crippen LogP contribution is -2.40. The number of aromatic nitrogens is 1. The number of nitrogen functional groups attached to an aromatic ring is 1. The molecular weight excluding hydrogens is 304 g/mol. The van der Waals surface area contributed by atoms with E-state index in [0.29, 0.717) is 17.2 Å². The smallest absolute Gasteiger partial charge is 0.252 e. The Morgan fingerprint density at radius 2 is 1.92 bits per heavy atom. The number of anilines is 1. The van der Waals surface area contributed by atoms with Crippen LogP contribution in [0.3, 0.4) is 0 Å². The van der Waals surface area contributed by atoms with Crippen LogP contribution in [0.25, 0.3) is 0 Å². The zero-order valence-electron chi connectivity index (χ0n) is 13.8. The van der Waals surface area contributed by atoms with Gasteiger partial charge in [-0.2, -0.15) is 0 Å². The summed E-state index contributed by atoms with van der Waals surface area (Å²) in [5.74, 6) is 0.594. The lowest BCUT2D eigenvalue weighted by Gasteiger charge is -2.34. The molecule has 3 aliphatic rings. The van der Waals surface area contributed by atoms with Crippen LogP contribution in [0.2, 0.25) is 0 Å². The first kappa shape index (κ1) is 15.4. The Bertz CT molecular complexity index is 690. The summed E-state index contributed by atoms with van der Waals surface area (Å²) in [7, 11) is 0. The van der Waals surface area contributed by atoms with E-state index in [1.54, 1.807) is 6.07 Å². The topological polar surface area (TPSA) is 102 Å². The third-order valence-corrected chi connectivity index (χ3v) is 6.27. The minimum absolute atomic E-state index is 0.198. The van der Waals surface area contributed by atoms with E-state index in [-0.39, 0.29) is 17.3 Å². The molecule has 2 aliphatic carbocycles. The maximum absolute atomic E-state index is 12.6.